The van der Waals surface area contributed by atoms with Crippen LogP contribution in [0.5, 0.6) is 0 Å². The molecule has 4 heteroatoms. The minimum absolute atomic E-state index is 0.197. The number of amides is 1. The summed E-state index contributed by atoms with van der Waals surface area (Å²) in [7, 11) is 2.00. The van der Waals surface area contributed by atoms with Crippen LogP contribution in [0.25, 0.3) is 0 Å². The second kappa shape index (κ2) is 7.91. The molecule has 5 rings (SSSR count). The van der Waals surface area contributed by atoms with Crippen molar-refractivity contribution in [2.24, 2.45) is 0 Å². The molecular weight excluding hydrogens is 358 g/mol. The van der Waals surface area contributed by atoms with Gasteiger partial charge in [0.1, 0.15) is 0 Å². The van der Waals surface area contributed by atoms with Crippen molar-refractivity contribution < 1.29 is 4.79 Å². The Labute approximate surface area is 173 Å². The van der Waals surface area contributed by atoms with Gasteiger partial charge in [-0.15, -0.1) is 0 Å². The molecule has 1 aromatic heterocycles. The Morgan fingerprint density at radius 3 is 2.69 bits per heavy atom. The van der Waals surface area contributed by atoms with Gasteiger partial charge in [-0.25, -0.2) is 0 Å². The van der Waals surface area contributed by atoms with Gasteiger partial charge in [0, 0.05) is 50.2 Å². The normalized spacial score (nSPS) is 24.0. The fourth-order valence-electron chi connectivity index (χ4n) is 5.59. The van der Waals surface area contributed by atoms with Crippen molar-refractivity contribution in [3.8, 4) is 0 Å². The van der Waals surface area contributed by atoms with Crippen LogP contribution < -0.4 is 0 Å². The first-order valence-electron chi connectivity index (χ1n) is 11.2. The third kappa shape index (κ3) is 3.71. The van der Waals surface area contributed by atoms with Crippen LogP contribution in [0, 0.1) is 0 Å². The summed E-state index contributed by atoms with van der Waals surface area (Å²) in [6, 6.07) is 9.55. The van der Waals surface area contributed by atoms with Crippen molar-refractivity contribution in [1.82, 2.24) is 14.8 Å². The second-order valence-corrected chi connectivity index (χ2v) is 9.08. The van der Waals surface area contributed by atoms with E-state index in [9.17, 15) is 4.79 Å². The van der Waals surface area contributed by atoms with E-state index >= 15 is 0 Å². The zero-order chi connectivity index (χ0) is 19.8. The highest BCUT2D eigenvalue weighted by molar-refractivity contribution is 5.94. The molecule has 2 heterocycles. The van der Waals surface area contributed by atoms with E-state index in [4.69, 9.17) is 0 Å². The minimum atomic E-state index is 0.197. The summed E-state index contributed by atoms with van der Waals surface area (Å²) in [6.45, 7) is 2.19. The van der Waals surface area contributed by atoms with Crippen LogP contribution in [0.2, 0.25) is 0 Å². The maximum absolute atomic E-state index is 13.1. The molecule has 0 spiro atoms. The molecule has 3 aliphatic rings. The zero-order valence-electron chi connectivity index (χ0n) is 17.4. The fourth-order valence-corrected chi connectivity index (χ4v) is 5.59. The molecule has 0 saturated heterocycles. The number of fused-ring (bicyclic) bond motifs is 2. The van der Waals surface area contributed by atoms with Gasteiger partial charge in [0.15, 0.2) is 0 Å². The number of rotatable bonds is 3. The van der Waals surface area contributed by atoms with Gasteiger partial charge in [0.2, 0.25) is 0 Å². The molecule has 1 fully saturated rings. The van der Waals surface area contributed by atoms with Gasteiger partial charge in [0.05, 0.1) is 0 Å². The van der Waals surface area contributed by atoms with E-state index in [-0.39, 0.29) is 5.91 Å². The number of carbonyl (C=O) groups excluding carboxylic acids is 1. The standard InChI is InChI=1S/C25H31N3O/c1-27(25(29)20-6-5-18-3-2-4-19(18)15-20)23-7-9-24(10-8-23)28-14-12-21-16-26-13-11-22(21)17-28/h5-6,11,13,15-16,23-24H,2-4,7-10,12,14,17H2,1H3. The maximum atomic E-state index is 13.1. The van der Waals surface area contributed by atoms with Gasteiger partial charge in [-0.3, -0.25) is 14.7 Å². The highest BCUT2D eigenvalue weighted by atomic mass is 16.2. The van der Waals surface area contributed by atoms with Crippen molar-refractivity contribution in [2.45, 2.75) is 70.0 Å². The summed E-state index contributed by atoms with van der Waals surface area (Å²) >= 11 is 0. The van der Waals surface area contributed by atoms with Gasteiger partial charge in [-0.05, 0) is 91.8 Å². The minimum Gasteiger partial charge on any atom is -0.339 e. The molecule has 0 N–H and O–H groups in total. The summed E-state index contributed by atoms with van der Waals surface area (Å²) < 4.78 is 0. The molecule has 29 heavy (non-hydrogen) atoms. The molecule has 1 aromatic carbocycles. The highest BCUT2D eigenvalue weighted by Gasteiger charge is 2.31. The highest BCUT2D eigenvalue weighted by Crippen LogP contribution is 2.30. The van der Waals surface area contributed by atoms with Crippen molar-refractivity contribution in [3.05, 3.63) is 64.5 Å². The van der Waals surface area contributed by atoms with Gasteiger partial charge in [-0.2, -0.15) is 0 Å². The Hall–Kier alpha value is -2.20. The predicted molar refractivity (Wildman–Crippen MR) is 115 cm³/mol. The topological polar surface area (TPSA) is 36.4 Å². The van der Waals surface area contributed by atoms with E-state index in [1.165, 1.54) is 47.9 Å². The Bertz CT molecular complexity index is 901. The van der Waals surface area contributed by atoms with E-state index in [1.807, 2.05) is 30.4 Å². The quantitative estimate of drug-likeness (QED) is 0.796. The first kappa shape index (κ1) is 18.8. The molecule has 2 aliphatic carbocycles. The molecule has 0 bridgehead atoms. The Morgan fingerprint density at radius 1 is 1.00 bits per heavy atom. The molecule has 1 amide bonds. The first-order chi connectivity index (χ1) is 14.2. The second-order valence-electron chi connectivity index (χ2n) is 9.08. The molecule has 0 atom stereocenters. The van der Waals surface area contributed by atoms with Crippen LogP contribution in [0.4, 0.5) is 0 Å². The van der Waals surface area contributed by atoms with Crippen molar-refractivity contribution in [1.29, 1.82) is 0 Å². The molecule has 1 saturated carbocycles. The van der Waals surface area contributed by atoms with Crippen molar-refractivity contribution in [2.75, 3.05) is 13.6 Å². The molecule has 152 valence electrons. The molecule has 0 radical (unpaired) electrons. The van der Waals surface area contributed by atoms with Gasteiger partial charge >= 0.3 is 0 Å². The summed E-state index contributed by atoms with van der Waals surface area (Å²) in [5, 5.41) is 0. The van der Waals surface area contributed by atoms with Crippen molar-refractivity contribution in [3.63, 3.8) is 0 Å². The van der Waals surface area contributed by atoms with E-state index in [1.54, 1.807) is 0 Å². The number of carbonyl (C=O) groups is 1. The van der Waals surface area contributed by atoms with Crippen LogP contribution >= 0.6 is 0 Å². The number of hydrogen-bond acceptors (Lipinski definition) is 3. The zero-order valence-corrected chi connectivity index (χ0v) is 17.4. The number of pyridine rings is 1. The number of nitrogens with zero attached hydrogens (tertiary/aromatic N) is 3. The molecule has 0 unspecified atom stereocenters. The number of aryl methyl sites for hydroxylation is 2. The maximum Gasteiger partial charge on any atom is 0.253 e. The van der Waals surface area contributed by atoms with E-state index in [0.717, 1.165) is 44.3 Å². The average Bonchev–Trinajstić information content (AvgIpc) is 3.26. The molecule has 4 nitrogen and oxygen atoms in total. The van der Waals surface area contributed by atoms with Gasteiger partial charge in [0.25, 0.3) is 5.91 Å². The monoisotopic (exact) mass is 389 g/mol. The van der Waals surface area contributed by atoms with Gasteiger partial charge < -0.3 is 4.90 Å². The average molecular weight is 390 g/mol. The van der Waals surface area contributed by atoms with Crippen LogP contribution in [-0.2, 0) is 25.8 Å². The van der Waals surface area contributed by atoms with Crippen LogP contribution in [0.1, 0.15) is 64.7 Å². The SMILES string of the molecule is CN(C(=O)c1ccc2c(c1)CCC2)C1CCC(N2CCc3cnccc3C2)CC1. The Kier molecular flexibility index (Phi) is 5.13. The largest absolute Gasteiger partial charge is 0.339 e. The number of aromatic nitrogens is 1. The summed E-state index contributed by atoms with van der Waals surface area (Å²) in [5.74, 6) is 0.197. The number of hydrogen-bond donors (Lipinski definition) is 0. The summed E-state index contributed by atoms with van der Waals surface area (Å²) in [4.78, 5) is 22.0. The third-order valence-corrected chi connectivity index (χ3v) is 7.44. The lowest BCUT2D eigenvalue weighted by molar-refractivity contribution is 0.0615. The van der Waals surface area contributed by atoms with Crippen LogP contribution in [0.3, 0.4) is 0 Å². The summed E-state index contributed by atoms with van der Waals surface area (Å²) in [5.41, 5.74) is 6.54. The molecular formula is C25H31N3O. The van der Waals surface area contributed by atoms with E-state index in [2.05, 4.69) is 28.1 Å². The van der Waals surface area contributed by atoms with Crippen LogP contribution in [0.15, 0.2) is 36.7 Å². The van der Waals surface area contributed by atoms with E-state index in [0.29, 0.717) is 12.1 Å². The Balaban J connectivity index is 1.19. The third-order valence-electron chi connectivity index (χ3n) is 7.44. The summed E-state index contributed by atoms with van der Waals surface area (Å²) in [6.07, 6.45) is 13.2. The molecule has 1 aliphatic heterocycles. The number of benzene rings is 1. The van der Waals surface area contributed by atoms with Crippen molar-refractivity contribution >= 4 is 5.91 Å². The van der Waals surface area contributed by atoms with Crippen LogP contribution in [-0.4, -0.2) is 46.4 Å². The Morgan fingerprint density at radius 2 is 1.83 bits per heavy atom. The fraction of sp³-hybridized carbons (Fsp3) is 0.520. The van der Waals surface area contributed by atoms with E-state index < -0.39 is 0 Å². The van der Waals surface area contributed by atoms with Gasteiger partial charge in [-0.1, -0.05) is 6.07 Å². The lowest BCUT2D eigenvalue weighted by Crippen LogP contribution is -2.46. The molecule has 2 aromatic rings. The first-order valence-corrected chi connectivity index (χ1v) is 11.2. The predicted octanol–water partition coefficient (Wildman–Crippen LogP) is 4.01. The lowest BCUT2D eigenvalue weighted by Gasteiger charge is -2.41. The lowest BCUT2D eigenvalue weighted by atomic mass is 9.87. The smallest absolute Gasteiger partial charge is 0.253 e.